The zero-order chi connectivity index (χ0) is 14.5. The van der Waals surface area contributed by atoms with Crippen molar-refractivity contribution in [1.82, 2.24) is 5.32 Å². The molecule has 1 heterocycles. The molecule has 4 heteroatoms. The van der Waals surface area contributed by atoms with E-state index in [4.69, 9.17) is 4.74 Å². The Balaban J connectivity index is 2.28. The first-order valence-corrected chi connectivity index (χ1v) is 7.48. The SMILES string of the molecule is CCC1COCCN1c1c(F)cccc1CNC(C)C. The minimum Gasteiger partial charge on any atom is -0.377 e. The first-order valence-electron chi connectivity index (χ1n) is 7.48. The summed E-state index contributed by atoms with van der Waals surface area (Å²) in [5.74, 6) is -0.131. The Morgan fingerprint density at radius 2 is 2.25 bits per heavy atom. The molecule has 0 aliphatic carbocycles. The number of hydrogen-bond acceptors (Lipinski definition) is 3. The highest BCUT2D eigenvalue weighted by atomic mass is 19.1. The maximum absolute atomic E-state index is 14.4. The summed E-state index contributed by atoms with van der Waals surface area (Å²) in [6.07, 6.45) is 0.964. The van der Waals surface area contributed by atoms with E-state index in [0.29, 0.717) is 25.8 Å². The van der Waals surface area contributed by atoms with E-state index < -0.39 is 0 Å². The van der Waals surface area contributed by atoms with Crippen LogP contribution < -0.4 is 10.2 Å². The number of rotatable bonds is 5. The van der Waals surface area contributed by atoms with Gasteiger partial charge in [-0.15, -0.1) is 0 Å². The van der Waals surface area contributed by atoms with Crippen LogP contribution in [0.2, 0.25) is 0 Å². The third-order valence-electron chi connectivity index (χ3n) is 3.76. The first-order chi connectivity index (χ1) is 9.63. The van der Waals surface area contributed by atoms with Crippen LogP contribution in [0.4, 0.5) is 10.1 Å². The average Bonchev–Trinajstić information content (AvgIpc) is 2.45. The maximum Gasteiger partial charge on any atom is 0.146 e. The summed E-state index contributed by atoms with van der Waals surface area (Å²) in [5.41, 5.74) is 1.77. The first kappa shape index (κ1) is 15.3. The summed E-state index contributed by atoms with van der Waals surface area (Å²) in [5, 5.41) is 3.38. The summed E-state index contributed by atoms with van der Waals surface area (Å²) < 4.78 is 19.9. The lowest BCUT2D eigenvalue weighted by Crippen LogP contribution is -2.46. The lowest BCUT2D eigenvalue weighted by atomic mass is 10.1. The molecule has 1 aliphatic heterocycles. The Labute approximate surface area is 121 Å². The van der Waals surface area contributed by atoms with Crippen molar-refractivity contribution in [2.24, 2.45) is 0 Å². The number of nitrogens with zero attached hydrogens (tertiary/aromatic N) is 1. The molecule has 0 saturated carbocycles. The van der Waals surface area contributed by atoms with Gasteiger partial charge in [0.25, 0.3) is 0 Å². The summed E-state index contributed by atoms with van der Waals surface area (Å²) in [6, 6.07) is 6.00. The molecule has 0 amide bonds. The van der Waals surface area contributed by atoms with E-state index in [0.717, 1.165) is 24.2 Å². The topological polar surface area (TPSA) is 24.5 Å². The van der Waals surface area contributed by atoms with Gasteiger partial charge in [0.1, 0.15) is 5.82 Å². The van der Waals surface area contributed by atoms with Crippen LogP contribution in [0.1, 0.15) is 32.8 Å². The number of benzene rings is 1. The second-order valence-electron chi connectivity index (χ2n) is 5.61. The molecule has 112 valence electrons. The van der Waals surface area contributed by atoms with Crippen LogP contribution >= 0.6 is 0 Å². The summed E-state index contributed by atoms with van der Waals surface area (Å²) in [4.78, 5) is 2.18. The van der Waals surface area contributed by atoms with Crippen LogP contribution in [0.3, 0.4) is 0 Å². The van der Waals surface area contributed by atoms with Crippen molar-refractivity contribution >= 4 is 5.69 Å². The third kappa shape index (κ3) is 3.49. The zero-order valence-electron chi connectivity index (χ0n) is 12.7. The van der Waals surface area contributed by atoms with Gasteiger partial charge in [0, 0.05) is 19.1 Å². The highest BCUT2D eigenvalue weighted by Crippen LogP contribution is 2.28. The highest BCUT2D eigenvalue weighted by molar-refractivity contribution is 5.56. The number of hydrogen-bond donors (Lipinski definition) is 1. The molecule has 20 heavy (non-hydrogen) atoms. The lowest BCUT2D eigenvalue weighted by Gasteiger charge is -2.38. The second kappa shape index (κ2) is 7.04. The molecule has 1 aliphatic rings. The van der Waals surface area contributed by atoms with Crippen LogP contribution in [0.15, 0.2) is 18.2 Å². The van der Waals surface area contributed by atoms with Crippen LogP contribution in [0.25, 0.3) is 0 Å². The minimum atomic E-state index is -0.131. The van der Waals surface area contributed by atoms with Crippen molar-refractivity contribution in [2.75, 3.05) is 24.7 Å². The van der Waals surface area contributed by atoms with Gasteiger partial charge in [0.2, 0.25) is 0 Å². The Morgan fingerprint density at radius 3 is 2.95 bits per heavy atom. The van der Waals surface area contributed by atoms with E-state index >= 15 is 0 Å². The van der Waals surface area contributed by atoms with Gasteiger partial charge in [-0.25, -0.2) is 4.39 Å². The van der Waals surface area contributed by atoms with Gasteiger partial charge < -0.3 is 15.0 Å². The zero-order valence-corrected chi connectivity index (χ0v) is 12.7. The van der Waals surface area contributed by atoms with Crippen molar-refractivity contribution in [3.8, 4) is 0 Å². The van der Waals surface area contributed by atoms with Gasteiger partial charge in [0.15, 0.2) is 0 Å². The monoisotopic (exact) mass is 280 g/mol. The molecule has 2 rings (SSSR count). The Bertz CT molecular complexity index is 436. The molecule has 1 aromatic carbocycles. The van der Waals surface area contributed by atoms with Crippen molar-refractivity contribution in [2.45, 2.75) is 45.8 Å². The van der Waals surface area contributed by atoms with E-state index in [-0.39, 0.29) is 11.9 Å². The molecule has 1 N–H and O–H groups in total. The molecule has 0 aromatic heterocycles. The van der Waals surface area contributed by atoms with Crippen molar-refractivity contribution in [3.63, 3.8) is 0 Å². The number of para-hydroxylation sites is 1. The molecular formula is C16H25FN2O. The predicted octanol–water partition coefficient (Wildman–Crippen LogP) is 2.94. The van der Waals surface area contributed by atoms with Crippen molar-refractivity contribution in [3.05, 3.63) is 29.6 Å². The number of ether oxygens (including phenoxy) is 1. The number of morpholine rings is 1. The van der Waals surface area contributed by atoms with Gasteiger partial charge in [-0.2, -0.15) is 0 Å². The van der Waals surface area contributed by atoms with Gasteiger partial charge in [-0.3, -0.25) is 0 Å². The fourth-order valence-electron chi connectivity index (χ4n) is 2.63. The van der Waals surface area contributed by atoms with E-state index in [1.54, 1.807) is 12.1 Å². The van der Waals surface area contributed by atoms with Crippen LogP contribution in [-0.2, 0) is 11.3 Å². The molecule has 0 radical (unpaired) electrons. The molecule has 1 unspecified atom stereocenters. The van der Waals surface area contributed by atoms with Crippen molar-refractivity contribution < 1.29 is 9.13 Å². The van der Waals surface area contributed by atoms with Crippen LogP contribution in [-0.4, -0.2) is 31.8 Å². The Kier molecular flexibility index (Phi) is 5.38. The Morgan fingerprint density at radius 1 is 1.45 bits per heavy atom. The predicted molar refractivity (Wildman–Crippen MR) is 80.6 cm³/mol. The summed E-state index contributed by atoms with van der Waals surface area (Å²) in [7, 11) is 0. The standard InChI is InChI=1S/C16H25FN2O/c1-4-14-11-20-9-8-19(14)16-13(10-18-12(2)3)6-5-7-15(16)17/h5-7,12,14,18H,4,8-11H2,1-3H3. The molecule has 1 saturated heterocycles. The molecule has 0 bridgehead atoms. The van der Waals surface area contributed by atoms with E-state index in [1.807, 2.05) is 6.07 Å². The van der Waals surface area contributed by atoms with Gasteiger partial charge in [0.05, 0.1) is 24.9 Å². The lowest BCUT2D eigenvalue weighted by molar-refractivity contribution is 0.0925. The Hall–Kier alpha value is -1.13. The molecule has 1 aromatic rings. The molecule has 0 spiro atoms. The van der Waals surface area contributed by atoms with Gasteiger partial charge in [-0.05, 0) is 18.1 Å². The van der Waals surface area contributed by atoms with E-state index in [9.17, 15) is 4.39 Å². The van der Waals surface area contributed by atoms with Crippen LogP contribution in [0.5, 0.6) is 0 Å². The molecular weight excluding hydrogens is 255 g/mol. The summed E-state index contributed by atoms with van der Waals surface area (Å²) >= 11 is 0. The molecule has 3 nitrogen and oxygen atoms in total. The van der Waals surface area contributed by atoms with Gasteiger partial charge >= 0.3 is 0 Å². The second-order valence-corrected chi connectivity index (χ2v) is 5.61. The van der Waals surface area contributed by atoms with Crippen LogP contribution in [0, 0.1) is 5.82 Å². The number of anilines is 1. The fraction of sp³-hybridized carbons (Fsp3) is 0.625. The van der Waals surface area contributed by atoms with E-state index in [2.05, 4.69) is 31.0 Å². The van der Waals surface area contributed by atoms with Crippen molar-refractivity contribution in [1.29, 1.82) is 0 Å². The quantitative estimate of drug-likeness (QED) is 0.897. The normalized spacial score (nSPS) is 19.6. The van der Waals surface area contributed by atoms with E-state index in [1.165, 1.54) is 0 Å². The highest BCUT2D eigenvalue weighted by Gasteiger charge is 2.25. The maximum atomic E-state index is 14.4. The molecule has 1 fully saturated rings. The number of nitrogens with one attached hydrogen (secondary N) is 1. The molecule has 1 atom stereocenters. The number of halogens is 1. The third-order valence-corrected chi connectivity index (χ3v) is 3.76. The smallest absolute Gasteiger partial charge is 0.146 e. The largest absolute Gasteiger partial charge is 0.377 e. The average molecular weight is 280 g/mol. The van der Waals surface area contributed by atoms with Gasteiger partial charge in [-0.1, -0.05) is 32.9 Å². The summed E-state index contributed by atoms with van der Waals surface area (Å²) in [6.45, 7) is 9.13. The minimum absolute atomic E-state index is 0.131. The fourth-order valence-corrected chi connectivity index (χ4v) is 2.63.